The van der Waals surface area contributed by atoms with E-state index in [4.69, 9.17) is 0 Å². The molecule has 0 aliphatic rings. The van der Waals surface area contributed by atoms with Crippen LogP contribution in [0.4, 0.5) is 9.52 Å². The number of nitrogens with zero attached hydrogens (tertiary/aromatic N) is 2. The minimum atomic E-state index is -0.257. The van der Waals surface area contributed by atoms with Gasteiger partial charge in [0, 0.05) is 10.9 Å². The summed E-state index contributed by atoms with van der Waals surface area (Å²) in [4.78, 5) is 4.46. The van der Waals surface area contributed by atoms with Gasteiger partial charge in [0.25, 0.3) is 0 Å². The van der Waals surface area contributed by atoms with E-state index in [-0.39, 0.29) is 22.8 Å². The molecule has 3 rings (SSSR count). The molecule has 22 heavy (non-hydrogen) atoms. The van der Waals surface area contributed by atoms with Crippen LogP contribution < -0.4 is 22.4 Å². The molecule has 3 aromatic rings. The van der Waals surface area contributed by atoms with Crippen LogP contribution in [0.3, 0.4) is 0 Å². The quantitative estimate of drug-likeness (QED) is 0.552. The molecule has 112 valence electrons. The molecule has 1 heterocycles. The maximum absolute atomic E-state index is 12.8. The Morgan fingerprint density at radius 2 is 1.77 bits per heavy atom. The zero-order valence-electron chi connectivity index (χ0n) is 11.4. The fraction of sp³-hybridized carbons (Fsp3) is 0. The summed E-state index contributed by atoms with van der Waals surface area (Å²) in [5.41, 5.74) is 5.69. The van der Waals surface area contributed by atoms with Gasteiger partial charge in [-0.25, -0.2) is 9.37 Å². The van der Waals surface area contributed by atoms with Crippen LogP contribution in [-0.2, 0) is 0 Å². The first-order valence-corrected chi connectivity index (χ1v) is 7.25. The Labute approximate surface area is 142 Å². The van der Waals surface area contributed by atoms with Crippen molar-refractivity contribution in [2.24, 2.45) is 5.10 Å². The first-order chi connectivity index (χ1) is 10.3. The summed E-state index contributed by atoms with van der Waals surface area (Å²) in [7, 11) is 0. The predicted molar refractivity (Wildman–Crippen MR) is 85.2 cm³/mol. The Morgan fingerprint density at radius 1 is 1.05 bits per heavy atom. The van der Waals surface area contributed by atoms with Gasteiger partial charge in [-0.3, -0.25) is 5.43 Å². The van der Waals surface area contributed by atoms with Crippen molar-refractivity contribution in [3.05, 3.63) is 71.4 Å². The lowest BCUT2D eigenvalue weighted by atomic mass is 10.2. The highest BCUT2D eigenvalue weighted by molar-refractivity contribution is 7.14. The fourth-order valence-electron chi connectivity index (χ4n) is 1.78. The van der Waals surface area contributed by atoms with E-state index >= 15 is 0 Å². The van der Waals surface area contributed by atoms with Gasteiger partial charge in [-0.15, -0.1) is 11.3 Å². The molecule has 0 amide bonds. The second kappa shape index (κ2) is 7.82. The monoisotopic (exact) mass is 376 g/mol. The molecule has 2 aromatic carbocycles. The SMILES string of the molecule is Fc1ccc(/C=N/Nc2nc(-c3ccccc3)cs2)cc1.[Br-]. The molecule has 1 aromatic heterocycles. The van der Waals surface area contributed by atoms with Gasteiger partial charge in [0.15, 0.2) is 0 Å². The normalized spacial score (nSPS) is 10.4. The van der Waals surface area contributed by atoms with Crippen LogP contribution in [0.25, 0.3) is 11.3 Å². The first-order valence-electron chi connectivity index (χ1n) is 6.37. The van der Waals surface area contributed by atoms with Crippen molar-refractivity contribution in [1.29, 1.82) is 0 Å². The van der Waals surface area contributed by atoms with Crippen molar-refractivity contribution >= 4 is 22.7 Å². The predicted octanol–water partition coefficient (Wildman–Crippen LogP) is 1.40. The van der Waals surface area contributed by atoms with Crippen LogP contribution in [0.5, 0.6) is 0 Å². The highest BCUT2D eigenvalue weighted by Gasteiger charge is 2.02. The average Bonchev–Trinajstić information content (AvgIpc) is 2.99. The average molecular weight is 377 g/mol. The van der Waals surface area contributed by atoms with Crippen LogP contribution in [-0.4, -0.2) is 11.2 Å². The highest BCUT2D eigenvalue weighted by atomic mass is 79.9. The summed E-state index contributed by atoms with van der Waals surface area (Å²) in [5, 5.41) is 6.79. The minimum absolute atomic E-state index is 0. The van der Waals surface area contributed by atoms with E-state index in [1.54, 1.807) is 18.3 Å². The van der Waals surface area contributed by atoms with Crippen LogP contribution in [0.15, 0.2) is 65.1 Å². The molecule has 1 N–H and O–H groups in total. The molecular weight excluding hydrogens is 365 g/mol. The molecule has 0 saturated heterocycles. The topological polar surface area (TPSA) is 37.3 Å². The van der Waals surface area contributed by atoms with E-state index < -0.39 is 0 Å². The van der Waals surface area contributed by atoms with Crippen molar-refractivity contribution < 1.29 is 21.4 Å². The van der Waals surface area contributed by atoms with Crippen molar-refractivity contribution in [3.63, 3.8) is 0 Å². The Morgan fingerprint density at radius 3 is 2.50 bits per heavy atom. The zero-order valence-corrected chi connectivity index (χ0v) is 13.8. The summed E-state index contributed by atoms with van der Waals surface area (Å²) in [6, 6.07) is 16.1. The molecule has 3 nitrogen and oxygen atoms in total. The van der Waals surface area contributed by atoms with Gasteiger partial charge >= 0.3 is 0 Å². The third-order valence-corrected chi connectivity index (χ3v) is 3.56. The van der Waals surface area contributed by atoms with Crippen LogP contribution in [0.1, 0.15) is 5.56 Å². The second-order valence-electron chi connectivity index (χ2n) is 4.33. The van der Waals surface area contributed by atoms with Gasteiger partial charge in [0.1, 0.15) is 5.82 Å². The number of hydrogen-bond acceptors (Lipinski definition) is 4. The van der Waals surface area contributed by atoms with E-state index in [0.717, 1.165) is 16.8 Å². The van der Waals surface area contributed by atoms with E-state index in [1.807, 2.05) is 35.7 Å². The molecule has 0 saturated carbocycles. The number of thiazole rings is 1. The maximum Gasteiger partial charge on any atom is 0.203 e. The summed E-state index contributed by atoms with van der Waals surface area (Å²) in [5.74, 6) is -0.257. The first kappa shape index (κ1) is 16.3. The number of aromatic nitrogens is 1. The summed E-state index contributed by atoms with van der Waals surface area (Å²) in [6.45, 7) is 0. The minimum Gasteiger partial charge on any atom is -1.00 e. The third kappa shape index (κ3) is 4.22. The molecule has 0 fully saturated rings. The lowest BCUT2D eigenvalue weighted by molar-refractivity contribution is -0.00000471. The van der Waals surface area contributed by atoms with Crippen LogP contribution in [0, 0.1) is 5.82 Å². The largest absolute Gasteiger partial charge is 1.00 e. The summed E-state index contributed by atoms with van der Waals surface area (Å²) >= 11 is 1.49. The van der Waals surface area contributed by atoms with Crippen molar-refractivity contribution in [3.8, 4) is 11.3 Å². The number of anilines is 1. The highest BCUT2D eigenvalue weighted by Crippen LogP contribution is 2.24. The van der Waals surface area contributed by atoms with Crippen molar-refractivity contribution in [1.82, 2.24) is 4.98 Å². The zero-order chi connectivity index (χ0) is 14.5. The van der Waals surface area contributed by atoms with Gasteiger partial charge in [-0.1, -0.05) is 42.5 Å². The Hall–Kier alpha value is -2.05. The molecule has 0 bridgehead atoms. The number of hydrogen-bond donors (Lipinski definition) is 1. The fourth-order valence-corrected chi connectivity index (χ4v) is 2.45. The van der Waals surface area contributed by atoms with Crippen LogP contribution in [0.2, 0.25) is 0 Å². The molecule has 0 aliphatic carbocycles. The van der Waals surface area contributed by atoms with E-state index in [1.165, 1.54) is 23.5 Å². The Balaban J connectivity index is 0.00000176. The molecule has 0 spiro atoms. The van der Waals surface area contributed by atoms with Gasteiger partial charge in [-0.05, 0) is 17.7 Å². The number of hydrazone groups is 1. The number of halogens is 2. The lowest BCUT2D eigenvalue weighted by Gasteiger charge is -1.95. The number of benzene rings is 2. The van der Waals surface area contributed by atoms with Crippen LogP contribution >= 0.6 is 11.3 Å². The Bertz CT molecular complexity index is 742. The number of rotatable bonds is 4. The van der Waals surface area contributed by atoms with E-state index in [9.17, 15) is 4.39 Å². The van der Waals surface area contributed by atoms with Crippen molar-refractivity contribution in [2.45, 2.75) is 0 Å². The van der Waals surface area contributed by atoms with Gasteiger partial charge < -0.3 is 17.0 Å². The van der Waals surface area contributed by atoms with Gasteiger partial charge in [0.05, 0.1) is 11.9 Å². The van der Waals surface area contributed by atoms with Gasteiger partial charge in [-0.2, -0.15) is 5.10 Å². The smallest absolute Gasteiger partial charge is 0.203 e. The standard InChI is InChI=1S/C16H12FN3S.BrH/c17-14-8-6-12(7-9-14)10-18-20-16-19-15(11-21-16)13-4-2-1-3-5-13;/h1-11H,(H,19,20);1H/p-1/b18-10+;. The second-order valence-corrected chi connectivity index (χ2v) is 5.18. The lowest BCUT2D eigenvalue weighted by Crippen LogP contribution is -3.00. The summed E-state index contributed by atoms with van der Waals surface area (Å²) < 4.78 is 12.8. The van der Waals surface area contributed by atoms with Crippen molar-refractivity contribution in [2.75, 3.05) is 5.43 Å². The molecule has 0 aliphatic heterocycles. The Kier molecular flexibility index (Phi) is 5.80. The molecule has 0 radical (unpaired) electrons. The van der Waals surface area contributed by atoms with E-state index in [0.29, 0.717) is 5.13 Å². The maximum atomic E-state index is 12.8. The molecular formula is C16H12BrFN3S-. The van der Waals surface area contributed by atoms with Gasteiger partial charge in [0.2, 0.25) is 5.13 Å². The third-order valence-electron chi connectivity index (χ3n) is 2.82. The number of nitrogens with one attached hydrogen (secondary N) is 1. The molecule has 0 unspecified atom stereocenters. The molecule has 6 heteroatoms. The summed E-state index contributed by atoms with van der Waals surface area (Å²) in [6.07, 6.45) is 1.63. The molecule has 0 atom stereocenters. The van der Waals surface area contributed by atoms with E-state index in [2.05, 4.69) is 15.5 Å².